The molecule has 18 heavy (non-hydrogen) atoms. The van der Waals surface area contributed by atoms with Crippen LogP contribution in [0, 0.1) is 0 Å². The van der Waals surface area contributed by atoms with Crippen molar-refractivity contribution in [2.24, 2.45) is 7.05 Å². The molecule has 2 aromatic rings. The van der Waals surface area contributed by atoms with Gasteiger partial charge in [0.15, 0.2) is 5.82 Å². The molecule has 0 saturated carbocycles. The Morgan fingerprint density at radius 3 is 2.39 bits per heavy atom. The normalized spacial score (nSPS) is 11.6. The highest BCUT2D eigenvalue weighted by atomic mass is 19.4. The number of benzene rings is 1. The van der Waals surface area contributed by atoms with Crippen molar-refractivity contribution in [3.63, 3.8) is 0 Å². The highest BCUT2D eigenvalue weighted by Gasteiger charge is 2.29. The second-order valence-corrected chi connectivity index (χ2v) is 3.79. The van der Waals surface area contributed by atoms with E-state index in [4.69, 9.17) is 0 Å². The van der Waals surface area contributed by atoms with Gasteiger partial charge in [0.2, 0.25) is 0 Å². The van der Waals surface area contributed by atoms with Crippen LogP contribution in [0.2, 0.25) is 0 Å². The standard InChI is InChI=1S/C11H11F3N4/c1-18-7-16-17-10(18)6-15-9-4-2-8(3-5-9)11(12,13)14/h2-5,7,15H,6H2,1H3. The lowest BCUT2D eigenvalue weighted by Gasteiger charge is -2.09. The maximum Gasteiger partial charge on any atom is 0.416 e. The average molecular weight is 256 g/mol. The van der Waals surface area contributed by atoms with Gasteiger partial charge in [0, 0.05) is 12.7 Å². The number of rotatable bonds is 3. The molecule has 1 aromatic carbocycles. The fourth-order valence-electron chi connectivity index (χ4n) is 1.43. The van der Waals surface area contributed by atoms with Crippen molar-refractivity contribution in [1.29, 1.82) is 0 Å². The molecule has 0 fully saturated rings. The Bertz CT molecular complexity index is 516. The number of hydrogen-bond acceptors (Lipinski definition) is 3. The summed E-state index contributed by atoms with van der Waals surface area (Å²) in [4.78, 5) is 0. The maximum atomic E-state index is 12.3. The minimum absolute atomic E-state index is 0.405. The number of aromatic nitrogens is 3. The van der Waals surface area contributed by atoms with Crippen molar-refractivity contribution in [3.8, 4) is 0 Å². The van der Waals surface area contributed by atoms with Crippen LogP contribution in [0.3, 0.4) is 0 Å². The summed E-state index contributed by atoms with van der Waals surface area (Å²) in [5.74, 6) is 0.704. The van der Waals surface area contributed by atoms with Crippen LogP contribution in [0.5, 0.6) is 0 Å². The topological polar surface area (TPSA) is 42.7 Å². The Balaban J connectivity index is 2.01. The van der Waals surface area contributed by atoms with E-state index in [1.165, 1.54) is 12.1 Å². The van der Waals surface area contributed by atoms with Crippen molar-refractivity contribution in [2.75, 3.05) is 5.32 Å². The van der Waals surface area contributed by atoms with Gasteiger partial charge >= 0.3 is 6.18 Å². The Kier molecular flexibility index (Phi) is 3.22. The predicted molar refractivity (Wildman–Crippen MR) is 59.8 cm³/mol. The van der Waals surface area contributed by atoms with E-state index < -0.39 is 11.7 Å². The van der Waals surface area contributed by atoms with E-state index in [0.717, 1.165) is 12.1 Å². The molecule has 0 bridgehead atoms. The van der Waals surface area contributed by atoms with E-state index in [-0.39, 0.29) is 0 Å². The van der Waals surface area contributed by atoms with Crippen molar-refractivity contribution in [2.45, 2.75) is 12.7 Å². The van der Waals surface area contributed by atoms with E-state index in [1.807, 2.05) is 0 Å². The zero-order chi connectivity index (χ0) is 13.2. The van der Waals surface area contributed by atoms with Gasteiger partial charge in [-0.2, -0.15) is 13.2 Å². The first-order valence-corrected chi connectivity index (χ1v) is 5.21. The molecule has 0 aliphatic rings. The van der Waals surface area contributed by atoms with Gasteiger partial charge in [-0.1, -0.05) is 0 Å². The minimum atomic E-state index is -4.30. The number of aryl methyl sites for hydroxylation is 1. The molecule has 4 nitrogen and oxygen atoms in total. The molecule has 1 heterocycles. The van der Waals surface area contributed by atoms with Gasteiger partial charge in [0.25, 0.3) is 0 Å². The van der Waals surface area contributed by atoms with Crippen LogP contribution < -0.4 is 5.32 Å². The predicted octanol–water partition coefficient (Wildman–Crippen LogP) is 2.45. The third kappa shape index (κ3) is 2.79. The molecular formula is C11H11F3N4. The number of halogens is 3. The van der Waals surface area contributed by atoms with E-state index in [2.05, 4.69) is 15.5 Å². The third-order valence-electron chi connectivity index (χ3n) is 2.47. The van der Waals surface area contributed by atoms with E-state index in [9.17, 15) is 13.2 Å². The van der Waals surface area contributed by atoms with Gasteiger partial charge in [-0.15, -0.1) is 10.2 Å². The van der Waals surface area contributed by atoms with E-state index in [1.54, 1.807) is 17.9 Å². The summed E-state index contributed by atoms with van der Waals surface area (Å²) in [5, 5.41) is 10.5. The van der Waals surface area contributed by atoms with Gasteiger partial charge in [0.1, 0.15) is 6.33 Å². The smallest absolute Gasteiger partial charge is 0.378 e. The first kappa shape index (κ1) is 12.4. The summed E-state index contributed by atoms with van der Waals surface area (Å²) in [6, 6.07) is 4.86. The SMILES string of the molecule is Cn1cnnc1CNc1ccc(C(F)(F)F)cc1. The second kappa shape index (κ2) is 4.67. The molecule has 0 radical (unpaired) electrons. The van der Waals surface area contributed by atoms with Crippen molar-refractivity contribution >= 4 is 5.69 Å². The van der Waals surface area contributed by atoms with Crippen LogP contribution in [0.1, 0.15) is 11.4 Å². The summed E-state index contributed by atoms with van der Waals surface area (Å²) in [5.41, 5.74) is -0.0577. The number of nitrogens with one attached hydrogen (secondary N) is 1. The third-order valence-corrected chi connectivity index (χ3v) is 2.47. The minimum Gasteiger partial charge on any atom is -0.378 e. The molecule has 1 N–H and O–H groups in total. The summed E-state index contributed by atoms with van der Waals surface area (Å²) < 4.78 is 38.8. The quantitative estimate of drug-likeness (QED) is 0.917. The maximum absolute atomic E-state index is 12.3. The molecule has 0 aliphatic carbocycles. The van der Waals surface area contributed by atoms with Gasteiger partial charge in [-0.05, 0) is 24.3 Å². The van der Waals surface area contributed by atoms with Crippen LogP contribution in [0.25, 0.3) is 0 Å². The molecule has 0 atom stereocenters. The van der Waals surface area contributed by atoms with Gasteiger partial charge < -0.3 is 9.88 Å². The van der Waals surface area contributed by atoms with E-state index >= 15 is 0 Å². The lowest BCUT2D eigenvalue weighted by molar-refractivity contribution is -0.137. The van der Waals surface area contributed by atoms with Crippen LogP contribution in [-0.2, 0) is 19.8 Å². The monoisotopic (exact) mass is 256 g/mol. The molecule has 96 valence electrons. The van der Waals surface area contributed by atoms with Crippen LogP contribution in [-0.4, -0.2) is 14.8 Å². The van der Waals surface area contributed by atoms with Crippen LogP contribution in [0.4, 0.5) is 18.9 Å². The lowest BCUT2D eigenvalue weighted by Crippen LogP contribution is -2.07. The van der Waals surface area contributed by atoms with Crippen LogP contribution in [0.15, 0.2) is 30.6 Å². The van der Waals surface area contributed by atoms with Crippen molar-refractivity contribution in [3.05, 3.63) is 42.0 Å². The Labute approximate surface area is 101 Å². The van der Waals surface area contributed by atoms with Crippen molar-refractivity contribution in [1.82, 2.24) is 14.8 Å². The molecule has 7 heteroatoms. The molecule has 1 aromatic heterocycles. The first-order chi connectivity index (χ1) is 8.47. The molecule has 0 saturated heterocycles. The summed E-state index contributed by atoms with van der Waals surface area (Å²) in [6.07, 6.45) is -2.74. The molecule has 2 rings (SSSR count). The molecule has 0 spiro atoms. The summed E-state index contributed by atoms with van der Waals surface area (Å²) >= 11 is 0. The fraction of sp³-hybridized carbons (Fsp3) is 0.273. The van der Waals surface area contributed by atoms with Gasteiger partial charge in [0.05, 0.1) is 12.1 Å². The highest BCUT2D eigenvalue weighted by molar-refractivity contribution is 5.45. The first-order valence-electron chi connectivity index (χ1n) is 5.21. The van der Waals surface area contributed by atoms with Gasteiger partial charge in [-0.3, -0.25) is 0 Å². The molecule has 0 amide bonds. The average Bonchev–Trinajstić information content (AvgIpc) is 2.72. The second-order valence-electron chi connectivity index (χ2n) is 3.79. The number of anilines is 1. The summed E-state index contributed by atoms with van der Waals surface area (Å²) in [7, 11) is 1.80. The zero-order valence-electron chi connectivity index (χ0n) is 9.57. The van der Waals surface area contributed by atoms with Gasteiger partial charge in [-0.25, -0.2) is 0 Å². The van der Waals surface area contributed by atoms with E-state index in [0.29, 0.717) is 18.1 Å². The highest BCUT2D eigenvalue weighted by Crippen LogP contribution is 2.29. The zero-order valence-corrected chi connectivity index (χ0v) is 9.57. The largest absolute Gasteiger partial charge is 0.416 e. The molecule has 0 unspecified atom stereocenters. The molecular weight excluding hydrogens is 245 g/mol. The number of alkyl halides is 3. The fourth-order valence-corrected chi connectivity index (χ4v) is 1.43. The van der Waals surface area contributed by atoms with Crippen LogP contribution >= 0.6 is 0 Å². The summed E-state index contributed by atoms with van der Waals surface area (Å²) in [6.45, 7) is 0.405. The van der Waals surface area contributed by atoms with Crippen molar-refractivity contribution < 1.29 is 13.2 Å². The Morgan fingerprint density at radius 2 is 1.89 bits per heavy atom. The Morgan fingerprint density at radius 1 is 1.22 bits per heavy atom. The molecule has 0 aliphatic heterocycles. The number of nitrogens with zero attached hydrogens (tertiary/aromatic N) is 3. The Hall–Kier alpha value is -2.05. The number of hydrogen-bond donors (Lipinski definition) is 1. The lowest BCUT2D eigenvalue weighted by atomic mass is 10.2.